The fraction of sp³-hybridized carbons (Fsp3) is 0.759. The summed E-state index contributed by atoms with van der Waals surface area (Å²) in [6, 6.07) is 7.58. The fourth-order valence-electron chi connectivity index (χ4n) is 7.36. The maximum absolute atomic E-state index is 12.8. The molecule has 0 bridgehead atoms. The minimum absolute atomic E-state index is 0.133. The first-order valence-corrected chi connectivity index (χ1v) is 14.0. The van der Waals surface area contributed by atoms with E-state index >= 15 is 0 Å². The summed E-state index contributed by atoms with van der Waals surface area (Å²) in [6.45, 7) is 17.0. The van der Waals surface area contributed by atoms with E-state index in [-0.39, 0.29) is 22.7 Å². The third kappa shape index (κ3) is 3.71. The molecule has 4 aliphatic heterocycles. The van der Waals surface area contributed by atoms with Gasteiger partial charge in [0.05, 0.1) is 17.2 Å². The first-order chi connectivity index (χ1) is 17.0. The molecule has 0 N–H and O–H groups in total. The van der Waals surface area contributed by atoms with Gasteiger partial charge in [0.1, 0.15) is 6.29 Å². The van der Waals surface area contributed by atoms with Gasteiger partial charge in [-0.05, 0) is 88.9 Å². The number of hydrogen-bond acceptors (Lipinski definition) is 6. The van der Waals surface area contributed by atoms with Crippen LogP contribution in [0, 0.1) is 5.41 Å². The van der Waals surface area contributed by atoms with Gasteiger partial charge in [0, 0.05) is 42.9 Å². The molecule has 5 aliphatic rings. The van der Waals surface area contributed by atoms with Crippen molar-refractivity contribution < 1.29 is 18.8 Å². The number of carbonyl (C=O) groups excluding carboxylic acids is 1. The Bertz CT molecular complexity index is 1010. The highest BCUT2D eigenvalue weighted by Gasteiger charge is 2.57. The zero-order chi connectivity index (χ0) is 25.5. The van der Waals surface area contributed by atoms with Crippen molar-refractivity contribution in [2.24, 2.45) is 5.41 Å². The van der Waals surface area contributed by atoms with E-state index in [2.05, 4.69) is 69.5 Å². The van der Waals surface area contributed by atoms with Gasteiger partial charge in [0.15, 0.2) is 0 Å². The van der Waals surface area contributed by atoms with Crippen LogP contribution in [0.1, 0.15) is 79.2 Å². The number of rotatable bonds is 4. The van der Waals surface area contributed by atoms with E-state index in [0.717, 1.165) is 31.1 Å². The lowest BCUT2D eigenvalue weighted by Crippen LogP contribution is -2.59. The Morgan fingerprint density at radius 1 is 0.944 bits per heavy atom. The molecule has 4 fully saturated rings. The summed E-state index contributed by atoms with van der Waals surface area (Å²) in [5.41, 5.74) is 3.07. The van der Waals surface area contributed by atoms with Gasteiger partial charge in [-0.25, -0.2) is 0 Å². The van der Waals surface area contributed by atoms with Crippen LogP contribution in [0.5, 0.6) is 0 Å². The van der Waals surface area contributed by atoms with E-state index in [1.165, 1.54) is 37.0 Å². The van der Waals surface area contributed by atoms with Gasteiger partial charge in [-0.2, -0.15) is 0 Å². The highest BCUT2D eigenvalue weighted by Crippen LogP contribution is 2.53. The Labute approximate surface area is 217 Å². The fourth-order valence-corrected chi connectivity index (χ4v) is 7.36. The maximum Gasteiger partial charge on any atom is 0.494 e. The van der Waals surface area contributed by atoms with Gasteiger partial charge in [-0.1, -0.05) is 26.0 Å². The van der Waals surface area contributed by atoms with Crippen LogP contribution in [-0.4, -0.2) is 73.9 Å². The van der Waals surface area contributed by atoms with Crippen molar-refractivity contribution in [2.45, 2.75) is 108 Å². The topological polar surface area (TPSA) is 51.2 Å². The SMILES string of the molecule is CC1(C)CCN([C@H]2C[C@@H](N3c4cc(B5OC(C)(C)C(C)(C)O5)ccc4C4(CCOCC4)C3C=O)C2)C1. The molecule has 0 amide bonds. The molecule has 6 rings (SSSR count). The molecule has 3 saturated heterocycles. The summed E-state index contributed by atoms with van der Waals surface area (Å²) in [5.74, 6) is 0. The molecule has 0 aromatic heterocycles. The Morgan fingerprint density at radius 3 is 2.19 bits per heavy atom. The normalized spacial score (nSPS) is 34.1. The lowest BCUT2D eigenvalue weighted by Gasteiger charge is -2.49. The summed E-state index contributed by atoms with van der Waals surface area (Å²) in [7, 11) is -0.399. The molecular formula is C29H43BN2O4. The van der Waals surface area contributed by atoms with Crippen LogP contribution in [0.2, 0.25) is 0 Å². The number of aldehydes is 1. The second kappa shape index (κ2) is 8.30. The predicted molar refractivity (Wildman–Crippen MR) is 143 cm³/mol. The summed E-state index contributed by atoms with van der Waals surface area (Å²) >= 11 is 0. The van der Waals surface area contributed by atoms with E-state index in [1.807, 2.05) is 0 Å². The Balaban J connectivity index is 1.32. The van der Waals surface area contributed by atoms with E-state index in [0.29, 0.717) is 30.7 Å². The second-order valence-corrected chi connectivity index (χ2v) is 13.8. The van der Waals surface area contributed by atoms with Crippen LogP contribution in [0.25, 0.3) is 0 Å². The zero-order valence-electron chi connectivity index (χ0n) is 23.0. The zero-order valence-corrected chi connectivity index (χ0v) is 23.0. The molecule has 1 aromatic carbocycles. The van der Waals surface area contributed by atoms with Crippen molar-refractivity contribution in [3.8, 4) is 0 Å². The summed E-state index contributed by atoms with van der Waals surface area (Å²) in [6.07, 6.45) is 6.56. The maximum atomic E-state index is 12.8. The number of fused-ring (bicyclic) bond motifs is 2. The first-order valence-electron chi connectivity index (χ1n) is 14.0. The first kappa shape index (κ1) is 24.9. The summed E-state index contributed by atoms with van der Waals surface area (Å²) in [4.78, 5) is 18.0. The smallest absolute Gasteiger partial charge is 0.399 e. The standard InChI is InChI=1S/C29H43BN2O4/c1-26(2)9-12-31(19-26)21-16-22(17-21)32-24-15-20(30-35-27(3,4)28(5,6)36-30)7-8-23(24)29(25(32)18-33)10-13-34-14-11-29/h7-8,15,18,21-22,25H,9-14,16-17,19H2,1-6H3/t21-,22+,25?. The van der Waals surface area contributed by atoms with Gasteiger partial charge < -0.3 is 23.7 Å². The van der Waals surface area contributed by atoms with Crippen molar-refractivity contribution in [1.82, 2.24) is 4.90 Å². The molecule has 7 heteroatoms. The van der Waals surface area contributed by atoms with Crippen LogP contribution >= 0.6 is 0 Å². The second-order valence-electron chi connectivity index (χ2n) is 13.8. The predicted octanol–water partition coefficient (Wildman–Crippen LogP) is 3.68. The minimum atomic E-state index is -0.399. The number of ether oxygens (including phenoxy) is 1. The Morgan fingerprint density at radius 2 is 1.61 bits per heavy atom. The largest absolute Gasteiger partial charge is 0.494 e. The third-order valence-electron chi connectivity index (χ3n) is 10.4. The average Bonchev–Trinajstić information content (AvgIpc) is 3.35. The highest BCUT2D eigenvalue weighted by molar-refractivity contribution is 6.62. The van der Waals surface area contributed by atoms with Crippen LogP contribution < -0.4 is 10.4 Å². The van der Waals surface area contributed by atoms with Crippen molar-refractivity contribution in [3.63, 3.8) is 0 Å². The molecule has 1 aliphatic carbocycles. The molecule has 1 saturated carbocycles. The van der Waals surface area contributed by atoms with Crippen LogP contribution in [-0.2, 0) is 24.3 Å². The molecule has 0 radical (unpaired) electrons. The van der Waals surface area contributed by atoms with Crippen LogP contribution in [0.4, 0.5) is 5.69 Å². The molecule has 196 valence electrons. The van der Waals surface area contributed by atoms with Crippen molar-refractivity contribution in [1.29, 1.82) is 0 Å². The van der Waals surface area contributed by atoms with Gasteiger partial charge in [0.25, 0.3) is 0 Å². The number of anilines is 1. The number of hydrogen-bond donors (Lipinski definition) is 0. The monoisotopic (exact) mass is 494 g/mol. The van der Waals surface area contributed by atoms with Crippen molar-refractivity contribution in [2.75, 3.05) is 31.2 Å². The lowest BCUT2D eigenvalue weighted by molar-refractivity contribution is -0.111. The van der Waals surface area contributed by atoms with Crippen molar-refractivity contribution >= 4 is 24.6 Å². The highest BCUT2D eigenvalue weighted by atomic mass is 16.7. The van der Waals surface area contributed by atoms with E-state index in [4.69, 9.17) is 14.0 Å². The van der Waals surface area contributed by atoms with Gasteiger partial charge in [-0.15, -0.1) is 0 Å². The third-order valence-corrected chi connectivity index (χ3v) is 10.4. The van der Waals surface area contributed by atoms with Crippen LogP contribution in [0.15, 0.2) is 18.2 Å². The molecule has 4 heterocycles. The van der Waals surface area contributed by atoms with Crippen LogP contribution in [0.3, 0.4) is 0 Å². The molecule has 1 atom stereocenters. The Hall–Kier alpha value is -1.41. The number of carbonyl (C=O) groups is 1. The Kier molecular flexibility index (Phi) is 5.74. The minimum Gasteiger partial charge on any atom is -0.399 e. The van der Waals surface area contributed by atoms with Gasteiger partial charge in [0.2, 0.25) is 0 Å². The van der Waals surface area contributed by atoms with Crippen molar-refractivity contribution in [3.05, 3.63) is 23.8 Å². The number of benzene rings is 1. The average molecular weight is 494 g/mol. The van der Waals surface area contributed by atoms with E-state index in [1.54, 1.807) is 0 Å². The summed E-state index contributed by atoms with van der Waals surface area (Å²) in [5, 5.41) is 0. The number of nitrogens with zero attached hydrogens (tertiary/aromatic N) is 2. The lowest BCUT2D eigenvalue weighted by atomic mass is 9.69. The molecule has 6 nitrogen and oxygen atoms in total. The summed E-state index contributed by atoms with van der Waals surface area (Å²) < 4.78 is 18.6. The van der Waals surface area contributed by atoms with E-state index < -0.39 is 7.12 Å². The quantitative estimate of drug-likeness (QED) is 0.470. The van der Waals surface area contributed by atoms with Gasteiger partial charge >= 0.3 is 7.12 Å². The molecule has 1 aromatic rings. The molecule has 36 heavy (non-hydrogen) atoms. The molecule has 1 unspecified atom stereocenters. The number of likely N-dealkylation sites (tertiary alicyclic amines) is 1. The molecule has 1 spiro atoms. The molecular weight excluding hydrogens is 451 g/mol. The van der Waals surface area contributed by atoms with Gasteiger partial charge in [-0.3, -0.25) is 4.90 Å². The van der Waals surface area contributed by atoms with E-state index in [9.17, 15) is 4.79 Å².